The average Bonchev–Trinajstić information content (AvgIpc) is 3.02. The van der Waals surface area contributed by atoms with Crippen molar-refractivity contribution in [2.45, 2.75) is 31.1 Å². The number of benzene rings is 1. The molecule has 1 aromatic rings. The Morgan fingerprint density at radius 3 is 2.50 bits per heavy atom. The molecule has 1 N–H and O–H groups in total. The van der Waals surface area contributed by atoms with Crippen LogP contribution in [0, 0.1) is 10.1 Å². The van der Waals surface area contributed by atoms with Crippen LogP contribution in [0.2, 0.25) is 0 Å². The van der Waals surface area contributed by atoms with E-state index in [0.29, 0.717) is 11.8 Å². The first-order chi connectivity index (χ1) is 14.0. The lowest BCUT2D eigenvalue weighted by Crippen LogP contribution is -2.51. The van der Waals surface area contributed by atoms with Gasteiger partial charge in [0, 0.05) is 25.6 Å². The molecule has 1 fully saturated rings. The van der Waals surface area contributed by atoms with Gasteiger partial charge in [-0.05, 0) is 17.7 Å². The monoisotopic (exact) mass is 443 g/mol. The molecule has 1 saturated heterocycles. The van der Waals surface area contributed by atoms with Crippen LogP contribution >= 0.6 is 0 Å². The standard InChI is InChI=1S/C17H21N3O9S/c1-18-15(22)8-17(11-21)7-14(29-30(2,26)27)9-19(17)16(23)28-10-12-3-5-13(6-4-12)20(24)25/h3-6,11,14H,7-10H2,1-2H3,(H,18,22)/t14-,17-/m1/s1. The minimum Gasteiger partial charge on any atom is -0.445 e. The maximum atomic E-state index is 12.6. The lowest BCUT2D eigenvalue weighted by molar-refractivity contribution is -0.384. The van der Waals surface area contributed by atoms with E-state index in [1.807, 2.05) is 0 Å². The molecule has 12 nitrogen and oxygen atoms in total. The molecule has 2 amide bonds. The molecule has 2 atom stereocenters. The minimum absolute atomic E-state index is 0.129. The number of hydrogen-bond donors (Lipinski definition) is 1. The lowest BCUT2D eigenvalue weighted by atomic mass is 9.93. The second-order valence-electron chi connectivity index (χ2n) is 6.79. The quantitative estimate of drug-likeness (QED) is 0.259. The molecule has 0 spiro atoms. The van der Waals surface area contributed by atoms with Gasteiger partial charge in [-0.15, -0.1) is 0 Å². The Morgan fingerprint density at radius 1 is 1.37 bits per heavy atom. The van der Waals surface area contributed by atoms with Gasteiger partial charge in [0.25, 0.3) is 15.8 Å². The predicted molar refractivity (Wildman–Crippen MR) is 102 cm³/mol. The van der Waals surface area contributed by atoms with E-state index in [-0.39, 0.29) is 25.3 Å². The molecule has 0 bridgehead atoms. The molecule has 1 aliphatic heterocycles. The van der Waals surface area contributed by atoms with Crippen molar-refractivity contribution in [3.63, 3.8) is 0 Å². The molecular weight excluding hydrogens is 422 g/mol. The third-order valence-electron chi connectivity index (χ3n) is 4.51. The third kappa shape index (κ3) is 5.73. The summed E-state index contributed by atoms with van der Waals surface area (Å²) in [7, 11) is -2.51. The van der Waals surface area contributed by atoms with Crippen molar-refractivity contribution in [2.75, 3.05) is 19.8 Å². The highest BCUT2D eigenvalue weighted by atomic mass is 32.2. The Morgan fingerprint density at radius 2 is 2.00 bits per heavy atom. The van der Waals surface area contributed by atoms with Crippen molar-refractivity contribution in [3.8, 4) is 0 Å². The fourth-order valence-corrected chi connectivity index (χ4v) is 3.77. The van der Waals surface area contributed by atoms with Gasteiger partial charge >= 0.3 is 6.09 Å². The topological polar surface area (TPSA) is 162 Å². The molecule has 0 aromatic heterocycles. The summed E-state index contributed by atoms with van der Waals surface area (Å²) >= 11 is 0. The average molecular weight is 443 g/mol. The van der Waals surface area contributed by atoms with Crippen molar-refractivity contribution < 1.29 is 36.6 Å². The molecule has 164 valence electrons. The van der Waals surface area contributed by atoms with Crippen LogP contribution in [0.15, 0.2) is 24.3 Å². The van der Waals surface area contributed by atoms with E-state index < -0.39 is 45.1 Å². The Balaban J connectivity index is 2.18. The van der Waals surface area contributed by atoms with E-state index in [1.165, 1.54) is 31.3 Å². The highest BCUT2D eigenvalue weighted by molar-refractivity contribution is 7.86. The summed E-state index contributed by atoms with van der Waals surface area (Å²) in [6, 6.07) is 5.30. The fourth-order valence-electron chi connectivity index (χ4n) is 3.15. The van der Waals surface area contributed by atoms with Crippen molar-refractivity contribution in [1.82, 2.24) is 10.2 Å². The Labute approximate surface area is 172 Å². The third-order valence-corrected chi connectivity index (χ3v) is 5.13. The molecule has 30 heavy (non-hydrogen) atoms. The van der Waals surface area contributed by atoms with Crippen molar-refractivity contribution in [2.24, 2.45) is 0 Å². The normalized spacial score (nSPS) is 21.1. The number of likely N-dealkylation sites (tertiary alicyclic amines) is 1. The number of nitro benzene ring substituents is 1. The molecule has 0 aliphatic carbocycles. The summed E-state index contributed by atoms with van der Waals surface area (Å²) in [4.78, 5) is 47.5. The molecule has 0 unspecified atom stereocenters. The second kappa shape index (κ2) is 9.17. The fraction of sp³-hybridized carbons (Fsp3) is 0.471. The maximum Gasteiger partial charge on any atom is 0.411 e. The first-order valence-electron chi connectivity index (χ1n) is 8.72. The molecule has 0 saturated carbocycles. The number of ether oxygens (including phenoxy) is 1. The number of nitrogens with one attached hydrogen (secondary N) is 1. The van der Waals surface area contributed by atoms with Crippen molar-refractivity contribution in [3.05, 3.63) is 39.9 Å². The predicted octanol–water partition coefficient (Wildman–Crippen LogP) is 0.356. The molecule has 0 radical (unpaired) electrons. The van der Waals surface area contributed by atoms with Crippen LogP contribution in [0.5, 0.6) is 0 Å². The highest BCUT2D eigenvalue weighted by Crippen LogP contribution is 2.34. The zero-order chi connectivity index (χ0) is 22.5. The molecule has 13 heteroatoms. The summed E-state index contributed by atoms with van der Waals surface area (Å²) < 4.78 is 33.0. The molecular formula is C17H21N3O9S. The van der Waals surface area contributed by atoms with E-state index in [4.69, 9.17) is 8.92 Å². The summed E-state index contributed by atoms with van der Waals surface area (Å²) in [5, 5.41) is 13.0. The van der Waals surface area contributed by atoms with Gasteiger partial charge in [-0.25, -0.2) is 4.79 Å². The molecule has 1 aromatic carbocycles. The van der Waals surface area contributed by atoms with Gasteiger partial charge in [-0.3, -0.25) is 24.0 Å². The van der Waals surface area contributed by atoms with E-state index in [2.05, 4.69) is 5.32 Å². The minimum atomic E-state index is -3.87. The van der Waals surface area contributed by atoms with Gasteiger partial charge in [0.1, 0.15) is 18.4 Å². The summed E-state index contributed by atoms with van der Waals surface area (Å²) in [5.74, 6) is -0.532. The zero-order valence-electron chi connectivity index (χ0n) is 16.3. The van der Waals surface area contributed by atoms with Crippen LogP contribution in [0.4, 0.5) is 10.5 Å². The number of amides is 2. The molecule has 2 rings (SSSR count). The van der Waals surface area contributed by atoms with Crippen LogP contribution in [0.3, 0.4) is 0 Å². The largest absolute Gasteiger partial charge is 0.445 e. The van der Waals surface area contributed by atoms with E-state index in [0.717, 1.165) is 11.2 Å². The first-order valence-corrected chi connectivity index (χ1v) is 10.5. The van der Waals surface area contributed by atoms with Gasteiger partial charge in [0.05, 0.1) is 30.2 Å². The van der Waals surface area contributed by atoms with Crippen LogP contribution in [-0.4, -0.2) is 68.0 Å². The number of nitrogens with zero attached hydrogens (tertiary/aromatic N) is 2. The first kappa shape index (κ1) is 23.2. The van der Waals surface area contributed by atoms with Crippen LogP contribution in [0.1, 0.15) is 18.4 Å². The Bertz CT molecular complexity index is 932. The summed E-state index contributed by atoms with van der Waals surface area (Å²) in [5.41, 5.74) is -1.31. The van der Waals surface area contributed by atoms with Gasteiger partial charge < -0.3 is 14.8 Å². The van der Waals surface area contributed by atoms with Gasteiger partial charge in [-0.1, -0.05) is 0 Å². The number of non-ortho nitro benzene ring substituents is 1. The van der Waals surface area contributed by atoms with Crippen molar-refractivity contribution in [1.29, 1.82) is 0 Å². The van der Waals surface area contributed by atoms with Gasteiger partial charge in [-0.2, -0.15) is 8.42 Å². The number of carbonyl (C=O) groups excluding carboxylic acids is 3. The van der Waals surface area contributed by atoms with Crippen molar-refractivity contribution >= 4 is 34.1 Å². The summed E-state index contributed by atoms with van der Waals surface area (Å²) in [6.45, 7) is -0.526. The number of hydrogen-bond acceptors (Lipinski definition) is 9. The molecule has 1 aliphatic rings. The smallest absolute Gasteiger partial charge is 0.411 e. The number of rotatable bonds is 8. The SMILES string of the molecule is CNC(=O)C[C@@]1(C=O)C[C@@H](OS(C)(=O)=O)CN1C(=O)OCc1ccc([N+](=O)[O-])cc1. The Hall–Kier alpha value is -3.06. The van der Waals surface area contributed by atoms with Crippen LogP contribution in [-0.2, 0) is 35.2 Å². The number of carbonyl (C=O) groups is 3. The summed E-state index contributed by atoms with van der Waals surface area (Å²) in [6.07, 6.45) is -1.34. The van der Waals surface area contributed by atoms with E-state index in [1.54, 1.807) is 0 Å². The Kier molecular flexibility index (Phi) is 7.10. The zero-order valence-corrected chi connectivity index (χ0v) is 17.1. The highest BCUT2D eigenvalue weighted by Gasteiger charge is 2.51. The van der Waals surface area contributed by atoms with E-state index in [9.17, 15) is 32.9 Å². The lowest BCUT2D eigenvalue weighted by Gasteiger charge is -2.31. The number of nitro groups is 1. The number of aldehydes is 1. The van der Waals surface area contributed by atoms with Crippen LogP contribution < -0.4 is 5.32 Å². The maximum absolute atomic E-state index is 12.6. The van der Waals surface area contributed by atoms with Gasteiger partial charge in [0.15, 0.2) is 0 Å². The van der Waals surface area contributed by atoms with Crippen LogP contribution in [0.25, 0.3) is 0 Å². The van der Waals surface area contributed by atoms with Gasteiger partial charge in [0.2, 0.25) is 5.91 Å². The van der Waals surface area contributed by atoms with E-state index >= 15 is 0 Å². The second-order valence-corrected chi connectivity index (χ2v) is 8.39. The molecule has 1 heterocycles.